The van der Waals surface area contributed by atoms with Gasteiger partial charge in [0.2, 0.25) is 0 Å². The SMILES string of the molecule is C/C(=N\N(C)C(N)=S)C(C)C. The predicted molar refractivity (Wildman–Crippen MR) is 52.5 cm³/mol. The van der Waals surface area contributed by atoms with Gasteiger partial charge in [-0.1, -0.05) is 13.8 Å². The van der Waals surface area contributed by atoms with Gasteiger partial charge in [0.25, 0.3) is 0 Å². The molecule has 0 rings (SSSR count). The zero-order chi connectivity index (χ0) is 9.02. The summed E-state index contributed by atoms with van der Waals surface area (Å²) >= 11 is 4.72. The van der Waals surface area contributed by atoms with E-state index in [1.165, 1.54) is 5.01 Å². The van der Waals surface area contributed by atoms with Gasteiger partial charge in [0.1, 0.15) is 0 Å². The van der Waals surface area contributed by atoms with E-state index in [0.29, 0.717) is 11.0 Å². The van der Waals surface area contributed by atoms with Gasteiger partial charge in [-0.05, 0) is 25.1 Å². The van der Waals surface area contributed by atoms with Gasteiger partial charge in [-0.3, -0.25) is 0 Å². The lowest BCUT2D eigenvalue weighted by Crippen LogP contribution is -2.28. The molecule has 0 aromatic rings. The topological polar surface area (TPSA) is 41.6 Å². The van der Waals surface area contributed by atoms with Crippen molar-refractivity contribution < 1.29 is 0 Å². The summed E-state index contributed by atoms with van der Waals surface area (Å²) in [6.45, 7) is 6.11. The van der Waals surface area contributed by atoms with Gasteiger partial charge in [-0.15, -0.1) is 0 Å². The van der Waals surface area contributed by atoms with Crippen LogP contribution >= 0.6 is 12.2 Å². The molecule has 64 valence electrons. The van der Waals surface area contributed by atoms with Crippen molar-refractivity contribution in [1.29, 1.82) is 0 Å². The molecule has 0 aliphatic rings. The number of hydrogen-bond acceptors (Lipinski definition) is 2. The number of hydrogen-bond donors (Lipinski definition) is 1. The van der Waals surface area contributed by atoms with E-state index in [1.807, 2.05) is 6.92 Å². The Hall–Kier alpha value is -0.640. The molecule has 0 radical (unpaired) electrons. The van der Waals surface area contributed by atoms with Crippen molar-refractivity contribution in [3.8, 4) is 0 Å². The number of nitrogens with zero attached hydrogens (tertiary/aromatic N) is 2. The molecular formula is C7H15N3S. The fourth-order valence-corrected chi connectivity index (χ4v) is 0.442. The van der Waals surface area contributed by atoms with Crippen molar-refractivity contribution in [2.24, 2.45) is 16.8 Å². The van der Waals surface area contributed by atoms with E-state index in [2.05, 4.69) is 18.9 Å². The third-order valence-electron chi connectivity index (χ3n) is 1.46. The lowest BCUT2D eigenvalue weighted by Gasteiger charge is -2.12. The highest BCUT2D eigenvalue weighted by atomic mass is 32.1. The van der Waals surface area contributed by atoms with Crippen LogP contribution in [0.15, 0.2) is 5.10 Å². The molecule has 0 aromatic heterocycles. The van der Waals surface area contributed by atoms with Crippen LogP contribution in [0.25, 0.3) is 0 Å². The minimum absolute atomic E-state index is 0.296. The Labute approximate surface area is 73.3 Å². The molecule has 0 aromatic carbocycles. The molecule has 4 heteroatoms. The third kappa shape index (κ3) is 3.93. The maximum Gasteiger partial charge on any atom is 0.186 e. The van der Waals surface area contributed by atoms with Gasteiger partial charge in [-0.25, -0.2) is 5.01 Å². The van der Waals surface area contributed by atoms with Gasteiger partial charge in [-0.2, -0.15) is 5.10 Å². The lowest BCUT2D eigenvalue weighted by molar-refractivity contribution is 0.541. The highest BCUT2D eigenvalue weighted by molar-refractivity contribution is 7.80. The van der Waals surface area contributed by atoms with Crippen LogP contribution in [0, 0.1) is 5.92 Å². The molecule has 0 aliphatic heterocycles. The van der Waals surface area contributed by atoms with Gasteiger partial charge in [0.15, 0.2) is 5.11 Å². The first-order chi connectivity index (χ1) is 4.95. The van der Waals surface area contributed by atoms with E-state index < -0.39 is 0 Å². The van der Waals surface area contributed by atoms with Crippen LogP contribution in [0.1, 0.15) is 20.8 Å². The fourth-order valence-electron chi connectivity index (χ4n) is 0.401. The van der Waals surface area contributed by atoms with Crippen molar-refractivity contribution >= 4 is 23.0 Å². The minimum Gasteiger partial charge on any atom is -0.375 e. The van der Waals surface area contributed by atoms with Gasteiger partial charge in [0, 0.05) is 12.8 Å². The number of nitrogens with two attached hydrogens (primary N) is 1. The molecule has 2 N–H and O–H groups in total. The molecule has 0 saturated carbocycles. The molecule has 0 heterocycles. The van der Waals surface area contributed by atoms with Crippen molar-refractivity contribution in [2.45, 2.75) is 20.8 Å². The van der Waals surface area contributed by atoms with E-state index in [9.17, 15) is 0 Å². The Balaban J connectivity index is 4.19. The third-order valence-corrected chi connectivity index (χ3v) is 1.73. The second-order valence-corrected chi connectivity index (χ2v) is 3.18. The molecule has 0 saturated heterocycles. The Morgan fingerprint density at radius 1 is 1.55 bits per heavy atom. The maximum absolute atomic E-state index is 5.33. The Bertz CT molecular complexity index is 175. The smallest absolute Gasteiger partial charge is 0.186 e. The van der Waals surface area contributed by atoms with E-state index in [4.69, 9.17) is 18.0 Å². The zero-order valence-corrected chi connectivity index (χ0v) is 8.27. The Kier molecular flexibility index (Phi) is 4.03. The summed E-state index contributed by atoms with van der Waals surface area (Å²) in [5.74, 6) is 0.437. The first-order valence-corrected chi connectivity index (χ1v) is 3.94. The predicted octanol–water partition coefficient (Wildman–Crippen LogP) is 1.19. The first kappa shape index (κ1) is 10.4. The minimum atomic E-state index is 0.296. The van der Waals surface area contributed by atoms with Gasteiger partial charge < -0.3 is 5.73 Å². The van der Waals surface area contributed by atoms with Crippen molar-refractivity contribution in [3.05, 3.63) is 0 Å². The molecule has 0 amide bonds. The van der Waals surface area contributed by atoms with Crippen LogP contribution in [-0.4, -0.2) is 22.9 Å². The monoisotopic (exact) mass is 173 g/mol. The van der Waals surface area contributed by atoms with Crippen LogP contribution < -0.4 is 5.73 Å². The summed E-state index contributed by atoms with van der Waals surface area (Å²) in [5.41, 5.74) is 6.36. The second kappa shape index (κ2) is 4.28. The Morgan fingerprint density at radius 3 is 2.27 bits per heavy atom. The standard InChI is InChI=1S/C7H15N3S/c1-5(2)6(3)9-10(4)7(8)11/h5H,1-4H3,(H2,8,11)/b9-6+. The lowest BCUT2D eigenvalue weighted by atomic mass is 10.1. The van der Waals surface area contributed by atoms with Crippen molar-refractivity contribution in [3.63, 3.8) is 0 Å². The van der Waals surface area contributed by atoms with Gasteiger partial charge >= 0.3 is 0 Å². The molecule has 0 fully saturated rings. The Morgan fingerprint density at radius 2 is 2.00 bits per heavy atom. The molecule has 0 aliphatic carbocycles. The first-order valence-electron chi connectivity index (χ1n) is 3.53. The summed E-state index contributed by atoms with van der Waals surface area (Å²) in [5, 5.41) is 5.96. The second-order valence-electron chi connectivity index (χ2n) is 2.76. The highest BCUT2D eigenvalue weighted by Gasteiger charge is 2.00. The summed E-state index contributed by atoms with van der Waals surface area (Å²) in [4.78, 5) is 0. The van der Waals surface area contributed by atoms with E-state index >= 15 is 0 Å². The van der Waals surface area contributed by atoms with Gasteiger partial charge in [0.05, 0.1) is 0 Å². The molecule has 0 atom stereocenters. The van der Waals surface area contributed by atoms with Crippen LogP contribution in [0.5, 0.6) is 0 Å². The van der Waals surface area contributed by atoms with Crippen molar-refractivity contribution in [2.75, 3.05) is 7.05 Å². The quantitative estimate of drug-likeness (QED) is 0.387. The number of rotatable bonds is 2. The van der Waals surface area contributed by atoms with Crippen LogP contribution in [0.4, 0.5) is 0 Å². The fraction of sp³-hybridized carbons (Fsp3) is 0.714. The molecule has 0 spiro atoms. The van der Waals surface area contributed by atoms with Crippen LogP contribution in [-0.2, 0) is 0 Å². The van der Waals surface area contributed by atoms with E-state index in [-0.39, 0.29) is 0 Å². The summed E-state index contributed by atoms with van der Waals surface area (Å²) in [6.07, 6.45) is 0. The maximum atomic E-state index is 5.33. The van der Waals surface area contributed by atoms with E-state index in [0.717, 1.165) is 5.71 Å². The average Bonchev–Trinajstić information content (AvgIpc) is 1.87. The van der Waals surface area contributed by atoms with Crippen molar-refractivity contribution in [1.82, 2.24) is 5.01 Å². The molecule has 3 nitrogen and oxygen atoms in total. The summed E-state index contributed by atoms with van der Waals surface area (Å²) in [6, 6.07) is 0. The normalized spacial score (nSPS) is 11.9. The number of hydrazone groups is 1. The summed E-state index contributed by atoms with van der Waals surface area (Å²) in [7, 11) is 1.74. The molecular weight excluding hydrogens is 158 g/mol. The largest absolute Gasteiger partial charge is 0.375 e. The summed E-state index contributed by atoms with van der Waals surface area (Å²) < 4.78 is 0. The van der Waals surface area contributed by atoms with Crippen LogP contribution in [0.2, 0.25) is 0 Å². The number of thiocarbonyl (C=S) groups is 1. The van der Waals surface area contributed by atoms with Crippen LogP contribution in [0.3, 0.4) is 0 Å². The zero-order valence-electron chi connectivity index (χ0n) is 7.46. The molecule has 0 unspecified atom stereocenters. The molecule has 11 heavy (non-hydrogen) atoms. The molecule has 0 bridgehead atoms. The van der Waals surface area contributed by atoms with E-state index in [1.54, 1.807) is 7.05 Å². The average molecular weight is 173 g/mol. The highest BCUT2D eigenvalue weighted by Crippen LogP contribution is 1.97.